The van der Waals surface area contributed by atoms with Gasteiger partial charge in [0.1, 0.15) is 0 Å². The van der Waals surface area contributed by atoms with Gasteiger partial charge < -0.3 is 5.32 Å². The van der Waals surface area contributed by atoms with E-state index in [-0.39, 0.29) is 0 Å². The van der Waals surface area contributed by atoms with Crippen molar-refractivity contribution < 1.29 is 0 Å². The topological polar surface area (TPSA) is 12.0 Å². The Morgan fingerprint density at radius 2 is 2.11 bits per heavy atom. The molecule has 0 amide bonds. The third-order valence-electron chi connectivity index (χ3n) is 3.87. The number of allylic oxidation sites excluding steroid dienone is 2. The standard InChI is InChI=1S/C16H20ClN/c17-16-9-6-13(12-4-2-1-3-5-12)10-14(16)11-18-15-7-8-15/h4,6,9-10,15,18H,1-3,5,7-8,11H2. The van der Waals surface area contributed by atoms with Crippen LogP contribution in [0.15, 0.2) is 24.3 Å². The fraction of sp³-hybridized carbons (Fsp3) is 0.500. The molecule has 0 radical (unpaired) electrons. The van der Waals surface area contributed by atoms with Crippen molar-refractivity contribution >= 4 is 17.2 Å². The van der Waals surface area contributed by atoms with Crippen molar-refractivity contribution in [3.63, 3.8) is 0 Å². The molecule has 1 aromatic carbocycles. The maximum atomic E-state index is 6.28. The molecule has 0 unspecified atom stereocenters. The Labute approximate surface area is 114 Å². The summed E-state index contributed by atoms with van der Waals surface area (Å²) in [4.78, 5) is 0. The molecule has 1 aromatic rings. The first-order valence-electron chi connectivity index (χ1n) is 7.04. The first-order chi connectivity index (χ1) is 8.83. The van der Waals surface area contributed by atoms with E-state index in [1.54, 1.807) is 0 Å². The molecule has 0 aliphatic heterocycles. The van der Waals surface area contributed by atoms with E-state index in [2.05, 4.69) is 29.6 Å². The average molecular weight is 262 g/mol. The molecule has 1 fully saturated rings. The second kappa shape index (κ2) is 5.46. The van der Waals surface area contributed by atoms with Crippen LogP contribution in [0.1, 0.15) is 49.7 Å². The lowest BCUT2D eigenvalue weighted by Crippen LogP contribution is -2.15. The van der Waals surface area contributed by atoms with Crippen molar-refractivity contribution in [2.45, 2.75) is 51.1 Å². The molecule has 0 heterocycles. The molecule has 2 aliphatic rings. The molecule has 1 N–H and O–H groups in total. The minimum absolute atomic E-state index is 0.735. The molecule has 1 saturated carbocycles. The Morgan fingerprint density at radius 3 is 2.83 bits per heavy atom. The summed E-state index contributed by atoms with van der Waals surface area (Å²) in [5.74, 6) is 0. The lowest BCUT2D eigenvalue weighted by molar-refractivity contribution is 0.687. The zero-order chi connectivity index (χ0) is 12.4. The van der Waals surface area contributed by atoms with Gasteiger partial charge in [-0.2, -0.15) is 0 Å². The normalized spacial score (nSPS) is 19.7. The Bertz CT molecular complexity index is 460. The number of nitrogens with one attached hydrogen (secondary N) is 1. The summed E-state index contributed by atoms with van der Waals surface area (Å²) in [5, 5.41) is 4.43. The fourth-order valence-electron chi connectivity index (χ4n) is 2.55. The zero-order valence-electron chi connectivity index (χ0n) is 10.7. The van der Waals surface area contributed by atoms with Crippen molar-refractivity contribution in [3.8, 4) is 0 Å². The van der Waals surface area contributed by atoms with Crippen LogP contribution in [0, 0.1) is 0 Å². The number of halogens is 1. The maximum Gasteiger partial charge on any atom is 0.0451 e. The van der Waals surface area contributed by atoms with Crippen molar-refractivity contribution in [2.75, 3.05) is 0 Å². The number of hydrogen-bond donors (Lipinski definition) is 1. The quantitative estimate of drug-likeness (QED) is 0.839. The number of hydrogen-bond acceptors (Lipinski definition) is 1. The first-order valence-corrected chi connectivity index (χ1v) is 7.42. The molecule has 0 saturated heterocycles. The minimum Gasteiger partial charge on any atom is -0.310 e. The van der Waals surface area contributed by atoms with Gasteiger partial charge in [0.15, 0.2) is 0 Å². The zero-order valence-corrected chi connectivity index (χ0v) is 11.5. The van der Waals surface area contributed by atoms with Gasteiger partial charge in [0.2, 0.25) is 0 Å². The van der Waals surface area contributed by atoms with E-state index in [1.807, 2.05) is 0 Å². The van der Waals surface area contributed by atoms with Crippen molar-refractivity contribution in [2.24, 2.45) is 0 Å². The van der Waals surface area contributed by atoms with Crippen LogP contribution >= 0.6 is 11.6 Å². The average Bonchev–Trinajstić information content (AvgIpc) is 3.23. The second-order valence-corrected chi connectivity index (χ2v) is 5.84. The highest BCUT2D eigenvalue weighted by molar-refractivity contribution is 6.31. The smallest absolute Gasteiger partial charge is 0.0451 e. The Hall–Kier alpha value is -0.790. The summed E-state index contributed by atoms with van der Waals surface area (Å²) in [7, 11) is 0. The SMILES string of the molecule is Clc1ccc(C2=CCCCC2)cc1CNC1CC1. The van der Waals surface area contributed by atoms with Gasteiger partial charge in [-0.05, 0) is 67.4 Å². The lowest BCUT2D eigenvalue weighted by atomic mass is 9.93. The van der Waals surface area contributed by atoms with Crippen LogP contribution in [0.5, 0.6) is 0 Å². The maximum absolute atomic E-state index is 6.28. The van der Waals surface area contributed by atoms with E-state index < -0.39 is 0 Å². The molecule has 0 spiro atoms. The largest absolute Gasteiger partial charge is 0.310 e. The molecule has 0 atom stereocenters. The molecule has 0 aromatic heterocycles. The molecular formula is C16H20ClN. The third kappa shape index (κ3) is 2.96. The summed E-state index contributed by atoms with van der Waals surface area (Å²) >= 11 is 6.28. The molecule has 3 rings (SSSR count). The predicted octanol–water partition coefficient (Wildman–Crippen LogP) is 4.55. The summed E-state index contributed by atoms with van der Waals surface area (Å²) in [6.07, 6.45) is 10.2. The number of benzene rings is 1. The summed E-state index contributed by atoms with van der Waals surface area (Å²) in [5.41, 5.74) is 4.12. The van der Waals surface area contributed by atoms with Crippen LogP contribution in [0.2, 0.25) is 5.02 Å². The van der Waals surface area contributed by atoms with Gasteiger partial charge in [-0.1, -0.05) is 23.7 Å². The van der Waals surface area contributed by atoms with Gasteiger partial charge in [0.05, 0.1) is 0 Å². The third-order valence-corrected chi connectivity index (χ3v) is 4.23. The van der Waals surface area contributed by atoms with Gasteiger partial charge in [0.25, 0.3) is 0 Å². The van der Waals surface area contributed by atoms with Gasteiger partial charge in [-0.25, -0.2) is 0 Å². The van der Waals surface area contributed by atoms with E-state index in [0.717, 1.165) is 17.6 Å². The van der Waals surface area contributed by atoms with E-state index in [4.69, 9.17) is 11.6 Å². The van der Waals surface area contributed by atoms with Gasteiger partial charge in [-0.3, -0.25) is 0 Å². The lowest BCUT2D eigenvalue weighted by Gasteiger charge is -2.15. The van der Waals surface area contributed by atoms with E-state index in [1.165, 1.54) is 55.2 Å². The highest BCUT2D eigenvalue weighted by Crippen LogP contribution is 2.29. The van der Waals surface area contributed by atoms with Crippen LogP contribution in [-0.2, 0) is 6.54 Å². The van der Waals surface area contributed by atoms with Crippen molar-refractivity contribution in [3.05, 3.63) is 40.4 Å². The molecule has 2 heteroatoms. The number of rotatable bonds is 4. The fourth-order valence-corrected chi connectivity index (χ4v) is 2.74. The summed E-state index contributed by atoms with van der Waals surface area (Å²) in [6, 6.07) is 7.23. The minimum atomic E-state index is 0.735. The Balaban J connectivity index is 1.77. The second-order valence-electron chi connectivity index (χ2n) is 5.44. The van der Waals surface area contributed by atoms with Crippen LogP contribution in [0.25, 0.3) is 5.57 Å². The van der Waals surface area contributed by atoms with E-state index >= 15 is 0 Å². The van der Waals surface area contributed by atoms with Crippen LogP contribution in [0.4, 0.5) is 0 Å². The van der Waals surface area contributed by atoms with E-state index in [9.17, 15) is 0 Å². The molecule has 0 bridgehead atoms. The summed E-state index contributed by atoms with van der Waals surface area (Å²) < 4.78 is 0. The van der Waals surface area contributed by atoms with Gasteiger partial charge >= 0.3 is 0 Å². The molecule has 1 nitrogen and oxygen atoms in total. The molecule has 96 valence electrons. The Morgan fingerprint density at radius 1 is 1.22 bits per heavy atom. The predicted molar refractivity (Wildman–Crippen MR) is 77.8 cm³/mol. The first kappa shape index (κ1) is 12.3. The Kier molecular flexibility index (Phi) is 3.72. The molecular weight excluding hydrogens is 242 g/mol. The monoisotopic (exact) mass is 261 g/mol. The molecule has 18 heavy (non-hydrogen) atoms. The van der Waals surface area contributed by atoms with Crippen molar-refractivity contribution in [1.82, 2.24) is 5.32 Å². The van der Waals surface area contributed by atoms with Crippen LogP contribution < -0.4 is 5.32 Å². The van der Waals surface area contributed by atoms with E-state index in [0.29, 0.717) is 0 Å². The van der Waals surface area contributed by atoms with Crippen molar-refractivity contribution in [1.29, 1.82) is 0 Å². The summed E-state index contributed by atoms with van der Waals surface area (Å²) in [6.45, 7) is 0.907. The van der Waals surface area contributed by atoms with Crippen LogP contribution in [-0.4, -0.2) is 6.04 Å². The highest BCUT2D eigenvalue weighted by atomic mass is 35.5. The van der Waals surface area contributed by atoms with Gasteiger partial charge in [0, 0.05) is 17.6 Å². The highest BCUT2D eigenvalue weighted by Gasteiger charge is 2.20. The van der Waals surface area contributed by atoms with Crippen LogP contribution in [0.3, 0.4) is 0 Å². The molecule has 2 aliphatic carbocycles. The van der Waals surface area contributed by atoms with Gasteiger partial charge in [-0.15, -0.1) is 0 Å².